The fourth-order valence-corrected chi connectivity index (χ4v) is 10.2. The molecule has 4 saturated heterocycles. The molecule has 13 atom stereocenters. The summed E-state index contributed by atoms with van der Waals surface area (Å²) in [6.45, 7) is 8.15. The molecule has 1 aliphatic carbocycles. The van der Waals surface area contributed by atoms with Crippen molar-refractivity contribution in [2.45, 2.75) is 152 Å². The van der Waals surface area contributed by atoms with Crippen molar-refractivity contribution in [3.05, 3.63) is 0 Å². The van der Waals surface area contributed by atoms with Crippen molar-refractivity contribution in [1.29, 1.82) is 5.14 Å². The summed E-state index contributed by atoms with van der Waals surface area (Å²) < 4.78 is 95.5. The van der Waals surface area contributed by atoms with E-state index in [1.165, 1.54) is 0 Å². The molecule has 5 rings (SSSR count). The molecule has 4 heterocycles. The summed E-state index contributed by atoms with van der Waals surface area (Å²) in [5.74, 6) is -0.698. The molecule has 1 spiro atoms. The molecule has 5 aliphatic rings. The SMILES string of the molecule is [2H][Si](C)([B][3H])OCC1OC(C)CC1OP(=S)(OCC1OC(C)CC1O[Si]([2H])(C)[B][3H])O[C@H]1[C@@H]2OC3(CCCC3)O[C@@H]2O[C@H]1CNC(C)C. The first-order chi connectivity index (χ1) is 22.5. The van der Waals surface area contributed by atoms with Crippen LogP contribution in [0.2, 0.25) is 13.1 Å². The maximum atomic E-state index is 8.43. The number of nitrogens with one attached hydrogen (secondary N) is 1. The van der Waals surface area contributed by atoms with Crippen LogP contribution in [0.25, 0.3) is 0 Å². The van der Waals surface area contributed by atoms with Crippen LogP contribution in [-0.4, -0.2) is 130 Å². The van der Waals surface area contributed by atoms with Crippen molar-refractivity contribution in [2.24, 2.45) is 0 Å². The number of rotatable bonds is 17. The zero-order chi connectivity index (χ0) is 34.9. The summed E-state index contributed by atoms with van der Waals surface area (Å²) in [5.41, 5.74) is 0. The minimum absolute atomic E-state index is 0.0115. The molecule has 0 aromatic carbocycles. The highest BCUT2D eigenvalue weighted by atomic mass is 32.5. The van der Waals surface area contributed by atoms with Crippen LogP contribution in [-0.2, 0) is 57.9 Å². The lowest BCUT2D eigenvalue weighted by molar-refractivity contribution is -0.228. The molecule has 11 nitrogen and oxygen atoms in total. The molecular weight excluding hydrogens is 639 g/mol. The maximum Gasteiger partial charge on any atom is 0.328 e. The molecule has 1 N–H and O–H groups in total. The second-order valence-electron chi connectivity index (χ2n) is 13.0. The Morgan fingerprint density at radius 1 is 1.00 bits per heavy atom. The molecule has 0 bridgehead atoms. The van der Waals surface area contributed by atoms with Gasteiger partial charge in [-0.15, -0.1) is 0 Å². The van der Waals surface area contributed by atoms with Gasteiger partial charge in [-0.1, -0.05) is 26.9 Å². The smallest absolute Gasteiger partial charge is 0.328 e. The molecule has 17 heteroatoms. The summed E-state index contributed by atoms with van der Waals surface area (Å²) in [7, 11) is -3.99. The van der Waals surface area contributed by atoms with Gasteiger partial charge in [0.2, 0.25) is 0 Å². The van der Waals surface area contributed by atoms with E-state index in [-0.39, 0.29) is 31.5 Å². The van der Waals surface area contributed by atoms with Crippen LogP contribution in [0.1, 0.15) is 66.2 Å². The molecule has 250 valence electrons. The van der Waals surface area contributed by atoms with Gasteiger partial charge in [-0.2, -0.15) is 0 Å². The Bertz CT molecular complexity index is 1130. The van der Waals surface area contributed by atoms with E-state index in [0.717, 1.165) is 40.5 Å². The topological polar surface area (TPSA) is 104 Å². The molecule has 44 heavy (non-hydrogen) atoms. The Labute approximate surface area is 279 Å². The lowest BCUT2D eigenvalue weighted by Gasteiger charge is -2.34. The van der Waals surface area contributed by atoms with Crippen LogP contribution in [0.15, 0.2) is 0 Å². The van der Waals surface area contributed by atoms with Gasteiger partial charge in [0.1, 0.15) is 63.0 Å². The molecule has 0 amide bonds. The second-order valence-corrected chi connectivity index (χ2v) is 18.9. The normalized spacial score (nSPS) is 43.5. The lowest BCUT2D eigenvalue weighted by atomic mass is 10.1. The molecule has 4 aliphatic heterocycles. The van der Waals surface area contributed by atoms with E-state index >= 15 is 0 Å². The first-order valence-electron chi connectivity index (χ1n) is 18.1. The lowest BCUT2D eigenvalue weighted by Crippen LogP contribution is -2.43. The third-order valence-electron chi connectivity index (χ3n) is 8.54. The van der Waals surface area contributed by atoms with E-state index < -0.39 is 79.2 Å². The maximum absolute atomic E-state index is 8.43. The monoisotopic (exact) mass is 697 g/mol. The summed E-state index contributed by atoms with van der Waals surface area (Å²) >= 11 is 6.21. The van der Waals surface area contributed by atoms with E-state index in [2.05, 4.69) is 19.2 Å². The molecule has 0 aromatic heterocycles. The average molecular weight is 698 g/mol. The predicted octanol–water partition coefficient (Wildman–Crippen LogP) is 1.67. The first kappa shape index (κ1) is 30.8. The molecular formula is C27H52B2NO10PSSi2. The van der Waals surface area contributed by atoms with Crippen molar-refractivity contribution in [3.8, 4) is 0 Å². The highest BCUT2D eigenvalue weighted by molar-refractivity contribution is 8.07. The van der Waals surface area contributed by atoms with Crippen molar-refractivity contribution in [1.82, 2.24) is 5.32 Å². The Morgan fingerprint density at radius 3 is 2.36 bits per heavy atom. The van der Waals surface area contributed by atoms with Gasteiger partial charge >= 0.3 is 6.72 Å². The standard InChI is InChI=1S/C27H52B2NO10PSSi2/c1-16(2)30-13-21-24(25-26(35-21)37-27(36-25)9-7-8-10-27)39-41(42,31-14-22-20(40-44(6)29)12-18(4)33-22)38-19-11-17(3)34-23(19)15-32-43(5)28/h16-26,28-30,43-44H,7-15H2,1-6H3/t17?,18?,19?,20?,21-,22?,23?,24+,25-,26-,41?,43?,44?/m0/s1/i28T,29T,43D,44D. The zero-order valence-electron chi connectivity index (χ0n) is 30.8. The van der Waals surface area contributed by atoms with Gasteiger partial charge in [-0.3, -0.25) is 4.52 Å². The van der Waals surface area contributed by atoms with Gasteiger partial charge in [0.15, 0.2) is 12.1 Å². The first-order valence-corrected chi connectivity index (χ1v) is 22.5. The number of hydrogen-bond donors (Lipinski definition) is 1. The Hall–Kier alpha value is 0.774. The van der Waals surface area contributed by atoms with Crippen molar-refractivity contribution < 1.29 is 46.1 Å². The molecule has 0 aromatic rings. The van der Waals surface area contributed by atoms with E-state index in [4.69, 9.17) is 63.1 Å². The summed E-state index contributed by atoms with van der Waals surface area (Å²) in [4.78, 5) is 0. The second kappa shape index (κ2) is 15.5. The predicted molar refractivity (Wildman–Crippen MR) is 178 cm³/mol. The fraction of sp³-hybridized carbons (Fsp3) is 1.00. The van der Waals surface area contributed by atoms with Crippen molar-refractivity contribution in [2.75, 3.05) is 19.8 Å². The van der Waals surface area contributed by atoms with Gasteiger partial charge in [0.05, 0.1) is 37.6 Å². The van der Waals surface area contributed by atoms with Gasteiger partial charge < -0.3 is 46.9 Å². The van der Waals surface area contributed by atoms with E-state index in [9.17, 15) is 0 Å². The van der Waals surface area contributed by atoms with E-state index in [1.807, 2.05) is 13.8 Å². The summed E-state index contributed by atoms with van der Waals surface area (Å²) in [6, 6.07) is 0.198. The van der Waals surface area contributed by atoms with Crippen LogP contribution in [0.3, 0.4) is 0 Å². The Balaban J connectivity index is 1.38. The minimum Gasteiger partial charge on any atom is -0.427 e. The van der Waals surface area contributed by atoms with Crippen molar-refractivity contribution in [3.63, 3.8) is 0 Å². The van der Waals surface area contributed by atoms with Crippen LogP contribution >= 0.6 is 6.72 Å². The van der Waals surface area contributed by atoms with Crippen LogP contribution in [0.5, 0.6) is 0 Å². The minimum atomic E-state index is -3.63. The summed E-state index contributed by atoms with van der Waals surface area (Å²) in [6.07, 6.45) is -0.0654. The fourth-order valence-electron chi connectivity index (χ4n) is 6.58. The number of hydrogen-bond acceptors (Lipinski definition) is 12. The van der Waals surface area contributed by atoms with E-state index in [0.29, 0.717) is 19.4 Å². The van der Waals surface area contributed by atoms with Crippen LogP contribution in [0.4, 0.5) is 0 Å². The number of fused-ring (bicyclic) bond motifs is 1. The molecule has 9 unspecified atom stereocenters. The largest absolute Gasteiger partial charge is 0.427 e. The average Bonchev–Trinajstić information content (AvgIpc) is 3.83. The Morgan fingerprint density at radius 2 is 1.68 bits per heavy atom. The Kier molecular flexibility index (Phi) is 10.9. The third-order valence-corrected chi connectivity index (χ3v) is 12.2. The zero-order valence-corrected chi connectivity index (χ0v) is 30.5. The third kappa shape index (κ3) is 9.26. The summed E-state index contributed by atoms with van der Waals surface area (Å²) in [5, 5.41) is 3.43. The van der Waals surface area contributed by atoms with E-state index in [1.54, 1.807) is 13.1 Å². The van der Waals surface area contributed by atoms with Crippen molar-refractivity contribution >= 4 is 51.0 Å². The highest BCUT2D eigenvalue weighted by Crippen LogP contribution is 2.57. The van der Waals surface area contributed by atoms with Gasteiger partial charge in [-0.05, 0) is 41.2 Å². The van der Waals surface area contributed by atoms with Crippen LogP contribution in [0, 0.1) is 0 Å². The quantitative estimate of drug-likeness (QED) is 0.177. The molecule has 2 radical (unpaired) electrons. The van der Waals surface area contributed by atoms with Gasteiger partial charge in [-0.25, -0.2) is 0 Å². The highest BCUT2D eigenvalue weighted by Gasteiger charge is 2.60. The van der Waals surface area contributed by atoms with Gasteiger partial charge in [0.25, 0.3) is 0 Å². The molecule has 1 saturated carbocycles. The van der Waals surface area contributed by atoms with Crippen LogP contribution < -0.4 is 5.32 Å². The van der Waals surface area contributed by atoms with Gasteiger partial charge in [0, 0.05) is 40.7 Å². The molecule has 5 fully saturated rings. The number of ether oxygens (including phenoxy) is 5.